The first kappa shape index (κ1) is 14.9. The summed E-state index contributed by atoms with van der Waals surface area (Å²) in [6, 6.07) is 0.267. The molecule has 2 unspecified atom stereocenters. The molecule has 0 aromatic heterocycles. The van der Waals surface area contributed by atoms with Crippen molar-refractivity contribution in [3.05, 3.63) is 0 Å². The lowest BCUT2D eigenvalue weighted by atomic mass is 9.70. The van der Waals surface area contributed by atoms with Crippen LogP contribution in [-0.4, -0.2) is 54.0 Å². The number of nitrogens with zero attached hydrogens (tertiary/aromatic N) is 1. The minimum absolute atomic E-state index is 0.144. The van der Waals surface area contributed by atoms with E-state index in [-0.39, 0.29) is 19.3 Å². The number of aliphatic hydroxyl groups excluding tert-OH is 2. The molecular formula is C13H28N2O2. The summed E-state index contributed by atoms with van der Waals surface area (Å²) < 4.78 is 0. The fraction of sp³-hybridized carbons (Fsp3) is 1.00. The van der Waals surface area contributed by atoms with Gasteiger partial charge in [0.25, 0.3) is 0 Å². The van der Waals surface area contributed by atoms with E-state index in [0.29, 0.717) is 24.4 Å². The molecule has 17 heavy (non-hydrogen) atoms. The summed E-state index contributed by atoms with van der Waals surface area (Å²) in [5.74, 6) is 0.483. The van der Waals surface area contributed by atoms with Gasteiger partial charge in [-0.1, -0.05) is 13.8 Å². The van der Waals surface area contributed by atoms with Crippen LogP contribution >= 0.6 is 0 Å². The molecule has 1 rings (SSSR count). The van der Waals surface area contributed by atoms with Gasteiger partial charge in [-0.25, -0.2) is 0 Å². The van der Waals surface area contributed by atoms with Crippen molar-refractivity contribution in [2.45, 2.75) is 39.2 Å². The van der Waals surface area contributed by atoms with E-state index in [9.17, 15) is 0 Å². The second-order valence-corrected chi connectivity index (χ2v) is 6.08. The lowest BCUT2D eigenvalue weighted by molar-refractivity contribution is 0.0925. The van der Waals surface area contributed by atoms with Crippen LogP contribution in [0.4, 0.5) is 0 Å². The third kappa shape index (κ3) is 4.92. The number of nitrogens with two attached hydrogens (primary N) is 1. The van der Waals surface area contributed by atoms with Crippen molar-refractivity contribution in [3.63, 3.8) is 0 Å². The fourth-order valence-electron chi connectivity index (χ4n) is 2.87. The predicted molar refractivity (Wildman–Crippen MR) is 69.7 cm³/mol. The zero-order valence-corrected chi connectivity index (χ0v) is 11.2. The summed E-state index contributed by atoms with van der Waals surface area (Å²) in [4.78, 5) is 2.12. The Morgan fingerprint density at radius 2 is 1.82 bits per heavy atom. The normalized spacial score (nSPS) is 28.6. The van der Waals surface area contributed by atoms with Gasteiger partial charge in [0.2, 0.25) is 0 Å². The molecule has 0 heterocycles. The molecule has 1 fully saturated rings. The highest BCUT2D eigenvalue weighted by Gasteiger charge is 2.33. The fourth-order valence-corrected chi connectivity index (χ4v) is 2.87. The lowest BCUT2D eigenvalue weighted by Gasteiger charge is -2.41. The molecule has 4 N–H and O–H groups in total. The summed E-state index contributed by atoms with van der Waals surface area (Å²) in [6.45, 7) is 7.04. The molecule has 0 bridgehead atoms. The molecule has 0 saturated heterocycles. The average Bonchev–Trinajstić information content (AvgIpc) is 2.24. The van der Waals surface area contributed by atoms with Gasteiger partial charge in [-0.2, -0.15) is 0 Å². The highest BCUT2D eigenvalue weighted by molar-refractivity contribution is 4.88. The monoisotopic (exact) mass is 244 g/mol. The minimum atomic E-state index is 0.144. The molecular weight excluding hydrogens is 216 g/mol. The van der Waals surface area contributed by atoms with Crippen molar-refractivity contribution in [2.24, 2.45) is 17.1 Å². The van der Waals surface area contributed by atoms with Crippen molar-refractivity contribution in [1.29, 1.82) is 0 Å². The summed E-state index contributed by atoms with van der Waals surface area (Å²) >= 11 is 0. The topological polar surface area (TPSA) is 69.7 Å². The Labute approximate surface area is 105 Å². The van der Waals surface area contributed by atoms with Gasteiger partial charge >= 0.3 is 0 Å². The number of hydrogen-bond donors (Lipinski definition) is 3. The summed E-state index contributed by atoms with van der Waals surface area (Å²) in [5.41, 5.74) is 6.57. The van der Waals surface area contributed by atoms with Crippen LogP contribution in [0.25, 0.3) is 0 Å². The Balaban J connectivity index is 2.50. The van der Waals surface area contributed by atoms with Crippen LogP contribution in [0.3, 0.4) is 0 Å². The van der Waals surface area contributed by atoms with Gasteiger partial charge in [-0.05, 0) is 30.6 Å². The SMILES string of the molecule is CC1(C)CCC(N)C(CN(CCO)CCO)C1. The molecule has 0 amide bonds. The maximum atomic E-state index is 9.01. The summed E-state index contributed by atoms with van der Waals surface area (Å²) in [7, 11) is 0. The maximum Gasteiger partial charge on any atom is 0.0558 e. The minimum Gasteiger partial charge on any atom is -0.395 e. The van der Waals surface area contributed by atoms with E-state index in [1.54, 1.807) is 0 Å². The Morgan fingerprint density at radius 3 is 2.35 bits per heavy atom. The van der Waals surface area contributed by atoms with Crippen LogP contribution in [0.1, 0.15) is 33.1 Å². The molecule has 2 atom stereocenters. The molecule has 4 nitrogen and oxygen atoms in total. The van der Waals surface area contributed by atoms with Gasteiger partial charge in [-0.15, -0.1) is 0 Å². The molecule has 1 saturated carbocycles. The molecule has 102 valence electrons. The third-order valence-electron chi connectivity index (χ3n) is 3.90. The van der Waals surface area contributed by atoms with Gasteiger partial charge in [0, 0.05) is 25.7 Å². The zero-order chi connectivity index (χ0) is 12.9. The van der Waals surface area contributed by atoms with Crippen molar-refractivity contribution in [2.75, 3.05) is 32.8 Å². The number of rotatable bonds is 6. The molecule has 1 aliphatic carbocycles. The first-order valence-corrected chi connectivity index (χ1v) is 6.68. The highest BCUT2D eigenvalue weighted by Crippen LogP contribution is 2.38. The van der Waals surface area contributed by atoms with Crippen LogP contribution in [0.2, 0.25) is 0 Å². The van der Waals surface area contributed by atoms with Gasteiger partial charge in [0.05, 0.1) is 13.2 Å². The van der Waals surface area contributed by atoms with E-state index in [2.05, 4.69) is 18.7 Å². The summed E-state index contributed by atoms with van der Waals surface area (Å²) in [5, 5.41) is 18.0. The van der Waals surface area contributed by atoms with Crippen molar-refractivity contribution in [1.82, 2.24) is 4.90 Å². The maximum absolute atomic E-state index is 9.01. The first-order valence-electron chi connectivity index (χ1n) is 6.68. The van der Waals surface area contributed by atoms with Crippen molar-refractivity contribution < 1.29 is 10.2 Å². The number of hydrogen-bond acceptors (Lipinski definition) is 4. The molecule has 0 radical (unpaired) electrons. The van der Waals surface area contributed by atoms with Crippen LogP contribution in [0.5, 0.6) is 0 Å². The van der Waals surface area contributed by atoms with E-state index < -0.39 is 0 Å². The molecule has 0 spiro atoms. The van der Waals surface area contributed by atoms with E-state index in [0.717, 1.165) is 19.4 Å². The van der Waals surface area contributed by atoms with Gasteiger partial charge in [-0.3, -0.25) is 4.90 Å². The largest absolute Gasteiger partial charge is 0.395 e. The van der Waals surface area contributed by atoms with E-state index in [1.807, 2.05) is 0 Å². The standard InChI is InChI=1S/C13H28N2O2/c1-13(2)4-3-12(14)11(9-13)10-15(5-7-16)6-8-17/h11-12,16-17H,3-10,14H2,1-2H3. The average molecular weight is 244 g/mol. The van der Waals surface area contributed by atoms with E-state index in [1.165, 1.54) is 6.42 Å². The Kier molecular flexibility index (Phi) is 5.86. The Hall–Kier alpha value is -0.160. The predicted octanol–water partition coefficient (Wildman–Crippen LogP) is 0.427. The second-order valence-electron chi connectivity index (χ2n) is 6.08. The van der Waals surface area contributed by atoms with Crippen molar-refractivity contribution in [3.8, 4) is 0 Å². The quantitative estimate of drug-likeness (QED) is 0.633. The van der Waals surface area contributed by atoms with Crippen LogP contribution in [0.15, 0.2) is 0 Å². The van der Waals surface area contributed by atoms with Crippen molar-refractivity contribution >= 4 is 0 Å². The Bertz CT molecular complexity index is 215. The van der Waals surface area contributed by atoms with Crippen LogP contribution in [-0.2, 0) is 0 Å². The smallest absolute Gasteiger partial charge is 0.0558 e. The molecule has 0 aromatic carbocycles. The highest BCUT2D eigenvalue weighted by atomic mass is 16.3. The third-order valence-corrected chi connectivity index (χ3v) is 3.90. The Morgan fingerprint density at radius 1 is 1.24 bits per heavy atom. The van der Waals surface area contributed by atoms with Gasteiger partial charge < -0.3 is 15.9 Å². The molecule has 0 aromatic rings. The van der Waals surface area contributed by atoms with Crippen LogP contribution in [0, 0.1) is 11.3 Å². The molecule has 1 aliphatic rings. The number of aliphatic hydroxyl groups is 2. The molecule has 0 aliphatic heterocycles. The lowest BCUT2D eigenvalue weighted by Crippen LogP contribution is -2.46. The second kappa shape index (κ2) is 6.69. The van der Waals surface area contributed by atoms with E-state index >= 15 is 0 Å². The van der Waals surface area contributed by atoms with E-state index in [4.69, 9.17) is 15.9 Å². The van der Waals surface area contributed by atoms with Crippen LogP contribution < -0.4 is 5.73 Å². The zero-order valence-electron chi connectivity index (χ0n) is 11.2. The summed E-state index contributed by atoms with van der Waals surface area (Å²) in [6.07, 6.45) is 3.43. The van der Waals surface area contributed by atoms with Gasteiger partial charge in [0.15, 0.2) is 0 Å². The van der Waals surface area contributed by atoms with Gasteiger partial charge in [0.1, 0.15) is 0 Å². The molecule has 4 heteroatoms. The first-order chi connectivity index (χ1) is 7.98.